The molecule has 0 radical (unpaired) electrons. The minimum absolute atomic E-state index is 0.189. The van der Waals surface area contributed by atoms with Crippen LogP contribution in [0.1, 0.15) is 11.1 Å². The molecule has 0 amide bonds. The quantitative estimate of drug-likeness (QED) is 0.752. The summed E-state index contributed by atoms with van der Waals surface area (Å²) in [6.45, 7) is 3.43. The van der Waals surface area contributed by atoms with Gasteiger partial charge in [0.15, 0.2) is 0 Å². The van der Waals surface area contributed by atoms with Crippen LogP contribution in [0.2, 0.25) is 0 Å². The van der Waals surface area contributed by atoms with E-state index in [4.69, 9.17) is 4.74 Å². The molecule has 0 bridgehead atoms. The van der Waals surface area contributed by atoms with Gasteiger partial charge in [-0.2, -0.15) is 4.98 Å². The van der Waals surface area contributed by atoms with Gasteiger partial charge in [-0.05, 0) is 31.0 Å². The van der Waals surface area contributed by atoms with Gasteiger partial charge in [0.2, 0.25) is 5.95 Å². The number of aryl methyl sites for hydroxylation is 1. The van der Waals surface area contributed by atoms with E-state index in [1.54, 1.807) is 0 Å². The van der Waals surface area contributed by atoms with Crippen molar-refractivity contribution in [3.05, 3.63) is 53.9 Å². The van der Waals surface area contributed by atoms with E-state index in [-0.39, 0.29) is 6.04 Å². The Morgan fingerprint density at radius 3 is 2.85 bits per heavy atom. The maximum Gasteiger partial charge on any atom is 0.224 e. The maximum atomic E-state index is 5.78. The highest BCUT2D eigenvalue weighted by molar-refractivity contribution is 5.81. The molecule has 0 unspecified atom stereocenters. The lowest BCUT2D eigenvalue weighted by Crippen LogP contribution is -2.30. The van der Waals surface area contributed by atoms with Gasteiger partial charge in [-0.25, -0.2) is 4.98 Å². The molecule has 3 heterocycles. The van der Waals surface area contributed by atoms with Gasteiger partial charge in [-0.15, -0.1) is 0 Å². The number of nitrogens with one attached hydrogen (secondary N) is 1. The van der Waals surface area contributed by atoms with E-state index in [0.717, 1.165) is 29.9 Å². The van der Waals surface area contributed by atoms with Crippen molar-refractivity contribution in [2.24, 2.45) is 5.92 Å². The summed E-state index contributed by atoms with van der Waals surface area (Å²) in [7, 11) is 3.99. The third-order valence-corrected chi connectivity index (χ3v) is 5.10. The van der Waals surface area contributed by atoms with Gasteiger partial charge >= 0.3 is 0 Å². The van der Waals surface area contributed by atoms with Gasteiger partial charge in [0.25, 0.3) is 0 Å². The van der Waals surface area contributed by atoms with Crippen LogP contribution in [0.4, 0.5) is 11.8 Å². The van der Waals surface area contributed by atoms with Crippen molar-refractivity contribution in [1.82, 2.24) is 15.0 Å². The summed E-state index contributed by atoms with van der Waals surface area (Å²) in [4.78, 5) is 15.6. The first-order valence-electron chi connectivity index (χ1n) is 9.29. The minimum atomic E-state index is 0.189. The lowest BCUT2D eigenvalue weighted by molar-refractivity contribution is 0.185. The molecule has 1 N–H and O–H groups in total. The molecule has 0 aliphatic carbocycles. The van der Waals surface area contributed by atoms with Gasteiger partial charge in [0, 0.05) is 43.4 Å². The molecule has 6 nitrogen and oxygen atoms in total. The number of para-hydroxylation sites is 1. The SMILES string of the molecule is Cc1cnc(N[C@H]2COC[C@H]2Cc2ccnc3ccccc23)nc1N(C)C. The summed E-state index contributed by atoms with van der Waals surface area (Å²) in [6.07, 6.45) is 4.70. The molecule has 0 spiro atoms. The van der Waals surface area contributed by atoms with E-state index in [9.17, 15) is 0 Å². The Morgan fingerprint density at radius 2 is 2.00 bits per heavy atom. The van der Waals surface area contributed by atoms with Gasteiger partial charge in [-0.1, -0.05) is 18.2 Å². The van der Waals surface area contributed by atoms with Crippen molar-refractivity contribution in [2.75, 3.05) is 37.5 Å². The number of aromatic nitrogens is 3. The van der Waals surface area contributed by atoms with E-state index >= 15 is 0 Å². The van der Waals surface area contributed by atoms with Crippen LogP contribution in [-0.4, -0.2) is 48.3 Å². The second-order valence-corrected chi connectivity index (χ2v) is 7.33. The maximum absolute atomic E-state index is 5.78. The van der Waals surface area contributed by atoms with Crippen LogP contribution in [0.3, 0.4) is 0 Å². The first-order valence-corrected chi connectivity index (χ1v) is 9.29. The third-order valence-electron chi connectivity index (χ3n) is 5.10. The van der Waals surface area contributed by atoms with Gasteiger partial charge < -0.3 is 15.0 Å². The summed E-state index contributed by atoms with van der Waals surface area (Å²) in [6, 6.07) is 10.6. The zero-order chi connectivity index (χ0) is 18.8. The van der Waals surface area contributed by atoms with Crippen molar-refractivity contribution >= 4 is 22.7 Å². The second kappa shape index (κ2) is 7.48. The number of anilines is 2. The molecule has 3 aromatic rings. The van der Waals surface area contributed by atoms with E-state index in [2.05, 4.69) is 44.5 Å². The second-order valence-electron chi connectivity index (χ2n) is 7.33. The summed E-state index contributed by atoms with van der Waals surface area (Å²) < 4.78 is 5.78. The first kappa shape index (κ1) is 17.7. The van der Waals surface area contributed by atoms with Crippen LogP contribution in [0, 0.1) is 12.8 Å². The highest BCUT2D eigenvalue weighted by Crippen LogP contribution is 2.26. The summed E-state index contributed by atoms with van der Waals surface area (Å²) in [5, 5.41) is 4.71. The lowest BCUT2D eigenvalue weighted by atomic mass is 9.93. The Kier molecular flexibility index (Phi) is 4.90. The van der Waals surface area contributed by atoms with Crippen molar-refractivity contribution in [3.8, 4) is 0 Å². The predicted molar refractivity (Wildman–Crippen MR) is 108 cm³/mol. The molecule has 0 saturated carbocycles. The molecule has 2 atom stereocenters. The molecule has 1 aromatic carbocycles. The van der Waals surface area contributed by atoms with E-state index in [1.807, 2.05) is 44.4 Å². The average Bonchev–Trinajstić information content (AvgIpc) is 3.10. The number of rotatable bonds is 5. The molecule has 1 fully saturated rings. The number of fused-ring (bicyclic) bond motifs is 1. The average molecular weight is 363 g/mol. The van der Waals surface area contributed by atoms with Crippen molar-refractivity contribution in [1.29, 1.82) is 0 Å². The Balaban J connectivity index is 1.53. The number of nitrogens with zero attached hydrogens (tertiary/aromatic N) is 4. The van der Waals surface area contributed by atoms with Crippen molar-refractivity contribution in [3.63, 3.8) is 0 Å². The Bertz CT molecular complexity index is 938. The highest BCUT2D eigenvalue weighted by atomic mass is 16.5. The number of hydrogen-bond acceptors (Lipinski definition) is 6. The molecule has 1 aliphatic rings. The van der Waals surface area contributed by atoms with Crippen LogP contribution >= 0.6 is 0 Å². The Labute approximate surface area is 159 Å². The fourth-order valence-electron chi connectivity index (χ4n) is 3.70. The molecule has 1 aliphatic heterocycles. The van der Waals surface area contributed by atoms with Crippen LogP contribution in [0.5, 0.6) is 0 Å². The normalized spacial score (nSPS) is 19.4. The van der Waals surface area contributed by atoms with Crippen LogP contribution in [0.25, 0.3) is 10.9 Å². The monoisotopic (exact) mass is 363 g/mol. The summed E-state index contributed by atoms with van der Waals surface area (Å²) >= 11 is 0. The fourth-order valence-corrected chi connectivity index (χ4v) is 3.70. The largest absolute Gasteiger partial charge is 0.379 e. The number of benzene rings is 1. The molecule has 140 valence electrons. The summed E-state index contributed by atoms with van der Waals surface area (Å²) in [5.74, 6) is 1.95. The van der Waals surface area contributed by atoms with Crippen LogP contribution < -0.4 is 10.2 Å². The topological polar surface area (TPSA) is 63.2 Å². The zero-order valence-electron chi connectivity index (χ0n) is 16.0. The number of ether oxygens (including phenoxy) is 1. The van der Waals surface area contributed by atoms with Crippen molar-refractivity contribution in [2.45, 2.75) is 19.4 Å². The molecule has 6 heteroatoms. The Hall–Kier alpha value is -2.73. The summed E-state index contributed by atoms with van der Waals surface area (Å²) in [5.41, 5.74) is 3.41. The third kappa shape index (κ3) is 3.71. The minimum Gasteiger partial charge on any atom is -0.379 e. The standard InChI is InChI=1S/C21H25N5O/c1-14-11-23-21(25-20(14)26(2)3)24-19-13-27-12-16(19)10-15-8-9-22-18-7-5-4-6-17(15)18/h4-9,11,16,19H,10,12-13H2,1-3H3,(H,23,24,25)/t16-,19+/m1/s1. The van der Waals surface area contributed by atoms with Crippen molar-refractivity contribution < 1.29 is 4.74 Å². The molecule has 1 saturated heterocycles. The molecular weight excluding hydrogens is 338 g/mol. The molecule has 2 aromatic heterocycles. The lowest BCUT2D eigenvalue weighted by Gasteiger charge is -2.21. The smallest absolute Gasteiger partial charge is 0.224 e. The van der Waals surface area contributed by atoms with E-state index in [0.29, 0.717) is 18.5 Å². The Morgan fingerprint density at radius 1 is 1.15 bits per heavy atom. The first-order chi connectivity index (χ1) is 13.1. The van der Waals surface area contributed by atoms with E-state index < -0.39 is 0 Å². The molecular formula is C21H25N5O. The number of pyridine rings is 1. The van der Waals surface area contributed by atoms with Crippen LogP contribution in [-0.2, 0) is 11.2 Å². The van der Waals surface area contributed by atoms with Gasteiger partial charge in [-0.3, -0.25) is 4.98 Å². The van der Waals surface area contributed by atoms with E-state index in [1.165, 1.54) is 10.9 Å². The highest BCUT2D eigenvalue weighted by Gasteiger charge is 2.29. The molecule has 27 heavy (non-hydrogen) atoms. The predicted octanol–water partition coefficient (Wildman–Crippen LogP) is 3.07. The van der Waals surface area contributed by atoms with Crippen LogP contribution in [0.15, 0.2) is 42.7 Å². The zero-order valence-corrected chi connectivity index (χ0v) is 16.0. The molecule has 4 rings (SSSR count). The number of hydrogen-bond donors (Lipinski definition) is 1. The fraction of sp³-hybridized carbons (Fsp3) is 0.381. The van der Waals surface area contributed by atoms with Gasteiger partial charge in [0.1, 0.15) is 5.82 Å². The van der Waals surface area contributed by atoms with Gasteiger partial charge in [0.05, 0.1) is 24.8 Å².